The molecule has 1 unspecified atom stereocenters. The van der Waals surface area contributed by atoms with Gasteiger partial charge >= 0.3 is 6.03 Å². The molecule has 22 heavy (non-hydrogen) atoms. The van der Waals surface area contributed by atoms with Crippen LogP contribution in [0.4, 0.5) is 9.18 Å². The van der Waals surface area contributed by atoms with Gasteiger partial charge < -0.3 is 10.6 Å². The van der Waals surface area contributed by atoms with E-state index in [0.717, 1.165) is 10.0 Å². The summed E-state index contributed by atoms with van der Waals surface area (Å²) in [5, 5.41) is 5.60. The van der Waals surface area contributed by atoms with E-state index in [9.17, 15) is 9.18 Å². The molecular weight excluding hydrogens is 347 g/mol. The third-order valence-electron chi connectivity index (χ3n) is 3.33. The lowest BCUT2D eigenvalue weighted by Crippen LogP contribution is -2.38. The van der Waals surface area contributed by atoms with Gasteiger partial charge in [0.15, 0.2) is 0 Å². The smallest absolute Gasteiger partial charge is 0.315 e. The van der Waals surface area contributed by atoms with E-state index < -0.39 is 0 Å². The number of carbonyl (C=O) groups is 1. The molecule has 5 heteroatoms. The van der Waals surface area contributed by atoms with Gasteiger partial charge in [-0.25, -0.2) is 9.18 Å². The average Bonchev–Trinajstić information content (AvgIpc) is 2.51. The van der Waals surface area contributed by atoms with Gasteiger partial charge in [0, 0.05) is 11.0 Å². The molecule has 0 saturated heterocycles. The van der Waals surface area contributed by atoms with Gasteiger partial charge in [0.05, 0.1) is 6.04 Å². The normalized spacial score (nSPS) is 11.8. The van der Waals surface area contributed by atoms with Crippen LogP contribution in [-0.2, 0) is 6.42 Å². The van der Waals surface area contributed by atoms with Crippen LogP contribution >= 0.6 is 15.9 Å². The van der Waals surface area contributed by atoms with Crippen LogP contribution in [0.5, 0.6) is 0 Å². The minimum atomic E-state index is -0.261. The third kappa shape index (κ3) is 4.84. The van der Waals surface area contributed by atoms with Crippen molar-refractivity contribution in [3.63, 3.8) is 0 Å². The fourth-order valence-corrected chi connectivity index (χ4v) is 2.53. The van der Waals surface area contributed by atoms with Crippen LogP contribution in [0.15, 0.2) is 53.0 Å². The number of benzene rings is 2. The van der Waals surface area contributed by atoms with Crippen LogP contribution in [0.25, 0.3) is 0 Å². The standard InChI is InChI=1S/C17H18BrFN2O/c1-12(13-5-3-2-4-6-13)21-17(22)20-10-9-14-11-15(18)7-8-16(14)19/h2-8,11-12H,9-10H2,1H3,(H2,20,21,22). The van der Waals surface area contributed by atoms with Crippen molar-refractivity contribution in [3.05, 3.63) is 69.9 Å². The number of amides is 2. The quantitative estimate of drug-likeness (QED) is 0.820. The van der Waals surface area contributed by atoms with E-state index in [-0.39, 0.29) is 17.9 Å². The average molecular weight is 365 g/mol. The molecule has 2 aromatic rings. The molecule has 0 aliphatic carbocycles. The van der Waals surface area contributed by atoms with Crippen LogP contribution in [0.3, 0.4) is 0 Å². The van der Waals surface area contributed by atoms with Crippen LogP contribution in [0.1, 0.15) is 24.1 Å². The molecule has 2 amide bonds. The molecule has 0 heterocycles. The van der Waals surface area contributed by atoms with Crippen molar-refractivity contribution >= 4 is 22.0 Å². The van der Waals surface area contributed by atoms with Crippen molar-refractivity contribution in [2.24, 2.45) is 0 Å². The van der Waals surface area contributed by atoms with E-state index in [0.29, 0.717) is 18.5 Å². The van der Waals surface area contributed by atoms with E-state index in [2.05, 4.69) is 26.6 Å². The lowest BCUT2D eigenvalue weighted by atomic mass is 10.1. The molecule has 0 saturated carbocycles. The largest absolute Gasteiger partial charge is 0.338 e. The fraction of sp³-hybridized carbons (Fsp3) is 0.235. The third-order valence-corrected chi connectivity index (χ3v) is 3.83. The zero-order chi connectivity index (χ0) is 15.9. The monoisotopic (exact) mass is 364 g/mol. The fourth-order valence-electron chi connectivity index (χ4n) is 2.12. The number of urea groups is 1. The maximum atomic E-state index is 13.6. The molecule has 116 valence electrons. The second-order valence-corrected chi connectivity index (χ2v) is 5.93. The van der Waals surface area contributed by atoms with Gasteiger partial charge in [0.25, 0.3) is 0 Å². The zero-order valence-electron chi connectivity index (χ0n) is 12.3. The second-order valence-electron chi connectivity index (χ2n) is 5.02. The molecule has 0 fully saturated rings. The van der Waals surface area contributed by atoms with Crippen molar-refractivity contribution in [1.29, 1.82) is 0 Å². The molecule has 0 aromatic heterocycles. The van der Waals surface area contributed by atoms with Crippen molar-refractivity contribution in [1.82, 2.24) is 10.6 Å². The molecule has 0 bridgehead atoms. The summed E-state index contributed by atoms with van der Waals surface area (Å²) < 4.78 is 14.4. The number of nitrogens with one attached hydrogen (secondary N) is 2. The van der Waals surface area contributed by atoms with Gasteiger partial charge in [0.1, 0.15) is 5.82 Å². The first kappa shape index (κ1) is 16.5. The lowest BCUT2D eigenvalue weighted by Gasteiger charge is -2.15. The zero-order valence-corrected chi connectivity index (χ0v) is 13.9. The summed E-state index contributed by atoms with van der Waals surface area (Å²) >= 11 is 3.31. The summed E-state index contributed by atoms with van der Waals surface area (Å²) in [4.78, 5) is 11.8. The van der Waals surface area contributed by atoms with E-state index in [1.54, 1.807) is 12.1 Å². The van der Waals surface area contributed by atoms with Gasteiger partial charge in [-0.05, 0) is 42.7 Å². The number of hydrogen-bond donors (Lipinski definition) is 2. The molecule has 0 aliphatic rings. The highest BCUT2D eigenvalue weighted by atomic mass is 79.9. The van der Waals surface area contributed by atoms with Crippen molar-refractivity contribution in [2.45, 2.75) is 19.4 Å². The van der Waals surface area contributed by atoms with Crippen LogP contribution in [0, 0.1) is 5.82 Å². The summed E-state index contributed by atoms with van der Waals surface area (Å²) in [6.45, 7) is 2.30. The Hall–Kier alpha value is -1.88. The Morgan fingerprint density at radius 1 is 1.23 bits per heavy atom. The molecule has 0 spiro atoms. The molecule has 2 N–H and O–H groups in total. The Kier molecular flexibility index (Phi) is 5.95. The molecule has 0 radical (unpaired) electrons. The number of hydrogen-bond acceptors (Lipinski definition) is 1. The van der Waals surface area contributed by atoms with Crippen LogP contribution in [0.2, 0.25) is 0 Å². The van der Waals surface area contributed by atoms with Gasteiger partial charge in [-0.2, -0.15) is 0 Å². The Labute approximate surface area is 138 Å². The Morgan fingerprint density at radius 3 is 2.68 bits per heavy atom. The Bertz CT molecular complexity index is 634. The maximum Gasteiger partial charge on any atom is 0.315 e. The van der Waals surface area contributed by atoms with E-state index in [1.165, 1.54) is 6.07 Å². The Morgan fingerprint density at radius 2 is 1.95 bits per heavy atom. The van der Waals surface area contributed by atoms with Gasteiger partial charge in [0.2, 0.25) is 0 Å². The molecule has 1 atom stereocenters. The SMILES string of the molecule is CC(NC(=O)NCCc1cc(Br)ccc1F)c1ccccc1. The van der Waals surface area contributed by atoms with E-state index in [4.69, 9.17) is 0 Å². The van der Waals surface area contributed by atoms with E-state index in [1.807, 2.05) is 37.3 Å². The molecular formula is C17H18BrFN2O. The number of carbonyl (C=O) groups excluding carboxylic acids is 1. The topological polar surface area (TPSA) is 41.1 Å². The highest BCUT2D eigenvalue weighted by Gasteiger charge is 2.09. The molecule has 2 rings (SSSR count). The summed E-state index contributed by atoms with van der Waals surface area (Å²) in [7, 11) is 0. The van der Waals surface area contributed by atoms with Crippen LogP contribution in [-0.4, -0.2) is 12.6 Å². The van der Waals surface area contributed by atoms with Gasteiger partial charge in [-0.15, -0.1) is 0 Å². The molecule has 0 aliphatic heterocycles. The van der Waals surface area contributed by atoms with E-state index >= 15 is 0 Å². The first-order valence-corrected chi connectivity index (χ1v) is 7.89. The highest BCUT2D eigenvalue weighted by molar-refractivity contribution is 9.10. The molecule has 2 aromatic carbocycles. The highest BCUT2D eigenvalue weighted by Crippen LogP contribution is 2.15. The van der Waals surface area contributed by atoms with Gasteiger partial charge in [-0.1, -0.05) is 46.3 Å². The summed E-state index contributed by atoms with van der Waals surface area (Å²) in [5.74, 6) is -0.261. The lowest BCUT2D eigenvalue weighted by molar-refractivity contribution is 0.238. The second kappa shape index (κ2) is 7.94. The minimum Gasteiger partial charge on any atom is -0.338 e. The predicted octanol–water partition coefficient (Wildman–Crippen LogP) is 4.19. The first-order valence-electron chi connectivity index (χ1n) is 7.09. The van der Waals surface area contributed by atoms with Crippen LogP contribution < -0.4 is 10.6 Å². The summed E-state index contributed by atoms with van der Waals surface area (Å²) in [5.41, 5.74) is 1.61. The first-order chi connectivity index (χ1) is 10.6. The van der Waals surface area contributed by atoms with Crippen molar-refractivity contribution in [2.75, 3.05) is 6.54 Å². The number of rotatable bonds is 5. The maximum absolute atomic E-state index is 13.6. The van der Waals surface area contributed by atoms with Gasteiger partial charge in [-0.3, -0.25) is 0 Å². The van der Waals surface area contributed by atoms with Crippen molar-refractivity contribution < 1.29 is 9.18 Å². The number of halogens is 2. The minimum absolute atomic E-state index is 0.0798. The molecule has 3 nitrogen and oxygen atoms in total. The predicted molar refractivity (Wildman–Crippen MR) is 89.2 cm³/mol. The summed E-state index contributed by atoms with van der Waals surface area (Å²) in [6.07, 6.45) is 0.443. The summed E-state index contributed by atoms with van der Waals surface area (Å²) in [6, 6.07) is 14.2. The Balaban J connectivity index is 1.79. The van der Waals surface area contributed by atoms with Crippen molar-refractivity contribution in [3.8, 4) is 0 Å².